The first-order chi connectivity index (χ1) is 13.6. The number of nitrogens with one attached hydrogen (secondary N) is 1. The van der Waals surface area contributed by atoms with Crippen LogP contribution in [0.15, 0.2) is 29.6 Å². The Morgan fingerprint density at radius 1 is 1.25 bits per heavy atom. The van der Waals surface area contributed by atoms with Crippen LogP contribution in [0.5, 0.6) is 0 Å². The quantitative estimate of drug-likeness (QED) is 0.671. The highest BCUT2D eigenvalue weighted by Crippen LogP contribution is 2.13. The third-order valence-corrected chi connectivity index (χ3v) is 4.93. The normalized spacial score (nSPS) is 14.6. The topological polar surface area (TPSA) is 90.0 Å². The summed E-state index contributed by atoms with van der Waals surface area (Å²) >= 11 is 1.31. The van der Waals surface area contributed by atoms with Gasteiger partial charge in [0, 0.05) is 37.8 Å². The zero-order chi connectivity index (χ0) is 19.8. The standard InChI is InChI=1S/C19H23N3O5S/c1-25-12-18-21-16(13-28-18)19(24)27-11-17(23)20-15-4-2-14(3-5-15)10-22-6-8-26-9-7-22/h2-5,13H,6-12H2,1H3,(H,20,23). The van der Waals surface area contributed by atoms with Gasteiger partial charge >= 0.3 is 5.97 Å². The first-order valence-corrected chi connectivity index (χ1v) is 9.81. The highest BCUT2D eigenvalue weighted by molar-refractivity contribution is 7.09. The number of carbonyl (C=O) groups excluding carboxylic acids is 2. The molecule has 8 nitrogen and oxygen atoms in total. The van der Waals surface area contributed by atoms with E-state index < -0.39 is 11.9 Å². The predicted molar refractivity (Wildman–Crippen MR) is 104 cm³/mol. The Balaban J connectivity index is 1.43. The van der Waals surface area contributed by atoms with Crippen molar-refractivity contribution in [1.82, 2.24) is 9.88 Å². The van der Waals surface area contributed by atoms with Crippen molar-refractivity contribution in [2.24, 2.45) is 0 Å². The smallest absolute Gasteiger partial charge is 0.358 e. The number of rotatable bonds is 8. The molecule has 9 heteroatoms. The fraction of sp³-hybridized carbons (Fsp3) is 0.421. The molecule has 150 valence electrons. The summed E-state index contributed by atoms with van der Waals surface area (Å²) in [7, 11) is 1.55. The molecule has 1 fully saturated rings. The molecule has 1 aromatic carbocycles. The molecule has 3 rings (SSSR count). The van der Waals surface area contributed by atoms with Gasteiger partial charge in [-0.2, -0.15) is 0 Å². The van der Waals surface area contributed by atoms with E-state index in [2.05, 4.69) is 15.2 Å². The average Bonchev–Trinajstić information content (AvgIpc) is 3.18. The summed E-state index contributed by atoms with van der Waals surface area (Å²) in [5.41, 5.74) is 2.00. The lowest BCUT2D eigenvalue weighted by Gasteiger charge is -2.26. The van der Waals surface area contributed by atoms with Gasteiger partial charge in [-0.05, 0) is 17.7 Å². The zero-order valence-corrected chi connectivity index (χ0v) is 16.5. The lowest BCUT2D eigenvalue weighted by atomic mass is 10.2. The second-order valence-corrected chi connectivity index (χ2v) is 7.21. The lowest BCUT2D eigenvalue weighted by molar-refractivity contribution is -0.119. The molecule has 1 aliphatic heterocycles. The van der Waals surface area contributed by atoms with Gasteiger partial charge in [0.1, 0.15) is 5.01 Å². The molecular weight excluding hydrogens is 382 g/mol. The molecule has 0 spiro atoms. The largest absolute Gasteiger partial charge is 0.451 e. The van der Waals surface area contributed by atoms with Gasteiger partial charge in [0.15, 0.2) is 12.3 Å². The molecule has 1 aliphatic rings. The Labute approximate surface area is 167 Å². The van der Waals surface area contributed by atoms with Gasteiger partial charge in [-0.25, -0.2) is 9.78 Å². The first-order valence-electron chi connectivity index (χ1n) is 8.93. The van der Waals surface area contributed by atoms with E-state index >= 15 is 0 Å². The minimum atomic E-state index is -0.630. The Hall–Kier alpha value is -2.33. The summed E-state index contributed by atoms with van der Waals surface area (Å²) in [5.74, 6) is -1.03. The van der Waals surface area contributed by atoms with Crippen LogP contribution in [0.4, 0.5) is 5.69 Å². The van der Waals surface area contributed by atoms with Crippen LogP contribution in [-0.4, -0.2) is 61.8 Å². The molecule has 0 radical (unpaired) electrons. The highest BCUT2D eigenvalue weighted by Gasteiger charge is 2.14. The fourth-order valence-electron chi connectivity index (χ4n) is 2.71. The van der Waals surface area contributed by atoms with E-state index in [9.17, 15) is 9.59 Å². The maximum atomic E-state index is 12.0. The van der Waals surface area contributed by atoms with Crippen molar-refractivity contribution in [3.8, 4) is 0 Å². The van der Waals surface area contributed by atoms with E-state index in [4.69, 9.17) is 14.2 Å². The molecule has 0 saturated carbocycles. The van der Waals surface area contributed by atoms with Crippen LogP contribution >= 0.6 is 11.3 Å². The van der Waals surface area contributed by atoms with Gasteiger partial charge < -0.3 is 19.5 Å². The molecule has 1 N–H and O–H groups in total. The summed E-state index contributed by atoms with van der Waals surface area (Å²) in [6, 6.07) is 7.63. The monoisotopic (exact) mass is 405 g/mol. The van der Waals surface area contributed by atoms with Crippen molar-refractivity contribution in [2.75, 3.05) is 45.3 Å². The van der Waals surface area contributed by atoms with Crippen molar-refractivity contribution in [1.29, 1.82) is 0 Å². The molecule has 0 unspecified atom stereocenters. The molecule has 28 heavy (non-hydrogen) atoms. The molecule has 0 bridgehead atoms. The number of carbonyl (C=O) groups is 2. The minimum absolute atomic E-state index is 0.178. The summed E-state index contributed by atoms with van der Waals surface area (Å²) in [6.07, 6.45) is 0. The highest BCUT2D eigenvalue weighted by atomic mass is 32.1. The number of ether oxygens (including phenoxy) is 3. The molecule has 0 aliphatic carbocycles. The Morgan fingerprint density at radius 3 is 2.71 bits per heavy atom. The van der Waals surface area contributed by atoms with E-state index in [1.54, 1.807) is 12.5 Å². The fourth-order valence-corrected chi connectivity index (χ4v) is 3.44. The van der Waals surface area contributed by atoms with E-state index in [0.717, 1.165) is 32.8 Å². The summed E-state index contributed by atoms with van der Waals surface area (Å²) in [4.78, 5) is 30.4. The molecule has 1 amide bonds. The van der Waals surface area contributed by atoms with Gasteiger partial charge in [-0.1, -0.05) is 12.1 Å². The van der Waals surface area contributed by atoms with E-state index in [1.165, 1.54) is 16.9 Å². The van der Waals surface area contributed by atoms with E-state index in [-0.39, 0.29) is 12.3 Å². The molecular formula is C19H23N3O5S. The molecule has 2 heterocycles. The summed E-state index contributed by atoms with van der Waals surface area (Å²) in [6.45, 7) is 4.20. The van der Waals surface area contributed by atoms with Crippen LogP contribution < -0.4 is 5.32 Å². The van der Waals surface area contributed by atoms with Crippen molar-refractivity contribution < 1.29 is 23.8 Å². The van der Waals surface area contributed by atoms with Crippen molar-refractivity contribution in [3.63, 3.8) is 0 Å². The van der Waals surface area contributed by atoms with Crippen molar-refractivity contribution in [3.05, 3.63) is 45.9 Å². The summed E-state index contributed by atoms with van der Waals surface area (Å²) in [5, 5.41) is 4.98. The molecule has 2 aromatic rings. The Bertz CT molecular complexity index is 787. The number of thiazole rings is 1. The number of hydrogen-bond donors (Lipinski definition) is 1. The molecule has 0 atom stereocenters. The number of aromatic nitrogens is 1. The van der Waals surface area contributed by atoms with Crippen LogP contribution in [0, 0.1) is 0 Å². The molecule has 1 saturated heterocycles. The second kappa shape index (κ2) is 10.3. The van der Waals surface area contributed by atoms with Crippen LogP contribution in [0.25, 0.3) is 0 Å². The van der Waals surface area contributed by atoms with Gasteiger partial charge in [0.25, 0.3) is 5.91 Å². The average molecular weight is 405 g/mol. The number of anilines is 1. The zero-order valence-electron chi connectivity index (χ0n) is 15.7. The number of benzene rings is 1. The van der Waals surface area contributed by atoms with Crippen LogP contribution in [0.3, 0.4) is 0 Å². The SMILES string of the molecule is COCc1nc(C(=O)OCC(=O)Nc2ccc(CN3CCOCC3)cc2)cs1. The minimum Gasteiger partial charge on any atom is -0.451 e. The van der Waals surface area contributed by atoms with Crippen molar-refractivity contribution in [2.45, 2.75) is 13.2 Å². The van der Waals surface area contributed by atoms with E-state index in [0.29, 0.717) is 17.3 Å². The van der Waals surface area contributed by atoms with Gasteiger partial charge in [0.2, 0.25) is 0 Å². The summed E-state index contributed by atoms with van der Waals surface area (Å²) < 4.78 is 15.3. The molecule has 1 aromatic heterocycles. The second-order valence-electron chi connectivity index (χ2n) is 6.27. The maximum Gasteiger partial charge on any atom is 0.358 e. The van der Waals surface area contributed by atoms with Crippen LogP contribution in [-0.2, 0) is 32.2 Å². The third-order valence-electron chi connectivity index (χ3n) is 4.11. The number of amides is 1. The van der Waals surface area contributed by atoms with Gasteiger partial charge in [-0.3, -0.25) is 9.69 Å². The number of hydrogen-bond acceptors (Lipinski definition) is 8. The number of morpholine rings is 1. The van der Waals surface area contributed by atoms with Crippen LogP contribution in [0.2, 0.25) is 0 Å². The first kappa shape index (κ1) is 20.4. The van der Waals surface area contributed by atoms with Gasteiger partial charge in [0.05, 0.1) is 19.8 Å². The lowest BCUT2D eigenvalue weighted by Crippen LogP contribution is -2.35. The van der Waals surface area contributed by atoms with Gasteiger partial charge in [-0.15, -0.1) is 11.3 Å². The van der Waals surface area contributed by atoms with E-state index in [1.807, 2.05) is 24.3 Å². The van der Waals surface area contributed by atoms with Crippen LogP contribution in [0.1, 0.15) is 21.1 Å². The predicted octanol–water partition coefficient (Wildman–Crippen LogP) is 1.92. The number of methoxy groups -OCH3 is 1. The Morgan fingerprint density at radius 2 is 2.00 bits per heavy atom. The number of nitrogens with zero attached hydrogens (tertiary/aromatic N) is 2. The van der Waals surface area contributed by atoms with Crippen molar-refractivity contribution >= 4 is 28.9 Å². The maximum absolute atomic E-state index is 12.0. The Kier molecular flexibility index (Phi) is 7.49. The third kappa shape index (κ3) is 6.10. The number of esters is 1.